The Morgan fingerprint density at radius 1 is 1.35 bits per heavy atom. The van der Waals surface area contributed by atoms with Gasteiger partial charge in [-0.1, -0.05) is 42.6 Å². The van der Waals surface area contributed by atoms with Crippen LogP contribution in [0, 0.1) is 0 Å². The molecule has 1 aromatic carbocycles. The molecule has 1 aromatic heterocycles. The number of fused-ring (bicyclic) bond motifs is 1. The average Bonchev–Trinajstić information content (AvgIpc) is 2.58. The summed E-state index contributed by atoms with van der Waals surface area (Å²) in [4.78, 5) is 11.1. The summed E-state index contributed by atoms with van der Waals surface area (Å²) in [7, 11) is 0. The van der Waals surface area contributed by atoms with Gasteiger partial charge in [0.15, 0.2) is 6.29 Å². The lowest BCUT2D eigenvalue weighted by Gasteiger charge is -2.05. The van der Waals surface area contributed by atoms with Gasteiger partial charge < -0.3 is 4.57 Å². The molecule has 0 aliphatic rings. The number of rotatable bonds is 4. The van der Waals surface area contributed by atoms with E-state index >= 15 is 0 Å². The summed E-state index contributed by atoms with van der Waals surface area (Å²) >= 11 is 12.2. The minimum absolute atomic E-state index is 0.505. The van der Waals surface area contributed by atoms with Gasteiger partial charge in [-0.2, -0.15) is 0 Å². The molecular formula is C13H13Cl2NO. The van der Waals surface area contributed by atoms with Crippen molar-refractivity contribution in [2.75, 3.05) is 0 Å². The van der Waals surface area contributed by atoms with Crippen molar-refractivity contribution in [1.29, 1.82) is 0 Å². The van der Waals surface area contributed by atoms with E-state index in [9.17, 15) is 4.79 Å². The van der Waals surface area contributed by atoms with Crippen molar-refractivity contribution in [3.63, 3.8) is 0 Å². The van der Waals surface area contributed by atoms with Crippen LogP contribution in [0.4, 0.5) is 0 Å². The molecule has 0 aliphatic carbocycles. The molecule has 0 spiro atoms. The first-order chi connectivity index (χ1) is 8.19. The molecule has 0 bridgehead atoms. The number of carbonyl (C=O) groups excluding carboxylic acids is 1. The van der Waals surface area contributed by atoms with Crippen LogP contribution in [0.1, 0.15) is 30.1 Å². The summed E-state index contributed by atoms with van der Waals surface area (Å²) < 4.78 is 1.95. The van der Waals surface area contributed by atoms with E-state index in [2.05, 4.69) is 6.92 Å². The van der Waals surface area contributed by atoms with Crippen molar-refractivity contribution < 1.29 is 4.79 Å². The second-order valence-electron chi connectivity index (χ2n) is 3.99. The van der Waals surface area contributed by atoms with Gasteiger partial charge in [0.2, 0.25) is 0 Å². The van der Waals surface area contributed by atoms with Gasteiger partial charge in [-0.25, -0.2) is 0 Å². The Bertz CT molecular complexity index is 560. The Balaban J connectivity index is 2.67. The number of hydrogen-bond acceptors (Lipinski definition) is 1. The number of nitrogens with zero attached hydrogens (tertiary/aromatic N) is 1. The number of hydrogen-bond donors (Lipinski definition) is 0. The second-order valence-corrected chi connectivity index (χ2v) is 4.78. The fourth-order valence-corrected chi connectivity index (χ4v) is 2.45. The molecule has 2 rings (SSSR count). The Labute approximate surface area is 110 Å². The maximum Gasteiger partial charge on any atom is 0.153 e. The summed E-state index contributed by atoms with van der Waals surface area (Å²) in [5, 5.41) is 2.03. The molecule has 4 heteroatoms. The first kappa shape index (κ1) is 12.5. The molecule has 0 N–H and O–H groups in total. The van der Waals surface area contributed by atoms with Crippen LogP contribution in [-0.4, -0.2) is 10.9 Å². The van der Waals surface area contributed by atoms with E-state index in [4.69, 9.17) is 23.2 Å². The van der Waals surface area contributed by atoms with Crippen molar-refractivity contribution in [2.24, 2.45) is 0 Å². The molecule has 0 saturated carbocycles. The topological polar surface area (TPSA) is 22.0 Å². The fraction of sp³-hybridized carbons (Fsp3) is 0.308. The largest absolute Gasteiger partial charge is 0.331 e. The van der Waals surface area contributed by atoms with E-state index in [1.165, 1.54) is 0 Å². The van der Waals surface area contributed by atoms with Gasteiger partial charge >= 0.3 is 0 Å². The van der Waals surface area contributed by atoms with Gasteiger partial charge in [0, 0.05) is 17.0 Å². The number of carbonyl (C=O) groups is 1. The van der Waals surface area contributed by atoms with E-state index in [1.54, 1.807) is 6.07 Å². The van der Waals surface area contributed by atoms with E-state index in [-0.39, 0.29) is 0 Å². The van der Waals surface area contributed by atoms with Crippen LogP contribution in [0.25, 0.3) is 10.9 Å². The summed E-state index contributed by atoms with van der Waals surface area (Å²) in [6.45, 7) is 2.92. The Morgan fingerprint density at radius 3 is 2.76 bits per heavy atom. The Kier molecular flexibility index (Phi) is 3.75. The molecule has 2 aromatic rings. The Hall–Kier alpha value is -0.990. The average molecular weight is 270 g/mol. The summed E-state index contributed by atoms with van der Waals surface area (Å²) in [5.41, 5.74) is 1.48. The summed E-state index contributed by atoms with van der Waals surface area (Å²) in [6, 6.07) is 5.47. The Morgan fingerprint density at radius 2 is 2.12 bits per heavy atom. The first-order valence-corrected chi connectivity index (χ1v) is 6.37. The molecule has 0 unspecified atom stereocenters. The third-order valence-electron chi connectivity index (χ3n) is 2.85. The number of halogens is 2. The van der Waals surface area contributed by atoms with Crippen molar-refractivity contribution >= 4 is 40.4 Å². The van der Waals surface area contributed by atoms with Crippen molar-refractivity contribution in [3.05, 3.63) is 33.9 Å². The van der Waals surface area contributed by atoms with Gasteiger partial charge in [0.25, 0.3) is 0 Å². The fourth-order valence-electron chi connectivity index (χ4n) is 1.97. The van der Waals surface area contributed by atoms with Crippen molar-refractivity contribution in [2.45, 2.75) is 26.3 Å². The van der Waals surface area contributed by atoms with Gasteiger partial charge in [-0.05, 0) is 18.6 Å². The monoisotopic (exact) mass is 269 g/mol. The standard InChI is InChI=1S/C13H13Cl2NO/c1-2-3-6-16-12-7-9(14)4-5-10(12)11(8-17)13(16)15/h4-5,7-8H,2-3,6H2,1H3. The smallest absolute Gasteiger partial charge is 0.153 e. The van der Waals surface area contributed by atoms with Crippen molar-refractivity contribution in [3.8, 4) is 0 Å². The highest BCUT2D eigenvalue weighted by Gasteiger charge is 2.14. The number of aldehydes is 1. The molecule has 0 radical (unpaired) electrons. The molecule has 17 heavy (non-hydrogen) atoms. The lowest BCUT2D eigenvalue weighted by atomic mass is 10.2. The predicted molar refractivity (Wildman–Crippen MR) is 72.3 cm³/mol. The number of aryl methyl sites for hydroxylation is 1. The SMILES string of the molecule is CCCCn1c(Cl)c(C=O)c2ccc(Cl)cc21. The van der Waals surface area contributed by atoms with E-state index < -0.39 is 0 Å². The number of aromatic nitrogens is 1. The summed E-state index contributed by atoms with van der Waals surface area (Å²) in [6.07, 6.45) is 2.91. The molecule has 0 saturated heterocycles. The van der Waals surface area contributed by atoms with Crippen LogP contribution < -0.4 is 0 Å². The zero-order valence-electron chi connectivity index (χ0n) is 9.54. The molecule has 1 heterocycles. The maximum absolute atomic E-state index is 11.1. The van der Waals surface area contributed by atoms with Gasteiger partial charge in [-0.3, -0.25) is 4.79 Å². The van der Waals surface area contributed by atoms with Gasteiger partial charge in [0.05, 0.1) is 11.1 Å². The van der Waals surface area contributed by atoms with Crippen LogP contribution in [0.2, 0.25) is 10.2 Å². The van der Waals surface area contributed by atoms with Crippen LogP contribution >= 0.6 is 23.2 Å². The molecule has 2 nitrogen and oxygen atoms in total. The number of unbranched alkanes of at least 4 members (excludes halogenated alkanes) is 1. The summed E-state index contributed by atoms with van der Waals surface area (Å²) in [5.74, 6) is 0. The van der Waals surface area contributed by atoms with Crippen LogP contribution in [-0.2, 0) is 6.54 Å². The van der Waals surface area contributed by atoms with Crippen LogP contribution in [0.5, 0.6) is 0 Å². The second kappa shape index (κ2) is 5.11. The highest BCUT2D eigenvalue weighted by atomic mass is 35.5. The molecule has 0 atom stereocenters. The normalized spacial score (nSPS) is 11.0. The predicted octanol–water partition coefficient (Wildman–Crippen LogP) is 4.56. The molecule has 0 aliphatic heterocycles. The lowest BCUT2D eigenvalue weighted by molar-refractivity contribution is 0.112. The van der Waals surface area contributed by atoms with Crippen molar-refractivity contribution in [1.82, 2.24) is 4.57 Å². The highest BCUT2D eigenvalue weighted by molar-refractivity contribution is 6.35. The maximum atomic E-state index is 11.1. The first-order valence-electron chi connectivity index (χ1n) is 5.61. The van der Waals surface area contributed by atoms with Crippen LogP contribution in [0.15, 0.2) is 18.2 Å². The lowest BCUT2D eigenvalue weighted by Crippen LogP contribution is -1.97. The molecule has 0 fully saturated rings. The molecular weight excluding hydrogens is 257 g/mol. The van der Waals surface area contributed by atoms with E-state index in [1.807, 2.05) is 16.7 Å². The van der Waals surface area contributed by atoms with E-state index in [0.29, 0.717) is 15.7 Å². The minimum atomic E-state index is 0.505. The molecule has 90 valence electrons. The zero-order valence-corrected chi connectivity index (χ0v) is 11.1. The third kappa shape index (κ3) is 2.20. The van der Waals surface area contributed by atoms with Gasteiger partial charge in [0.1, 0.15) is 5.15 Å². The number of benzene rings is 1. The van der Waals surface area contributed by atoms with Crippen LogP contribution in [0.3, 0.4) is 0 Å². The zero-order chi connectivity index (χ0) is 12.4. The third-order valence-corrected chi connectivity index (χ3v) is 3.50. The van der Waals surface area contributed by atoms with Gasteiger partial charge in [-0.15, -0.1) is 0 Å². The highest BCUT2D eigenvalue weighted by Crippen LogP contribution is 2.31. The minimum Gasteiger partial charge on any atom is -0.331 e. The quantitative estimate of drug-likeness (QED) is 0.746. The molecule has 0 amide bonds. The van der Waals surface area contributed by atoms with E-state index in [0.717, 1.165) is 36.6 Å².